The van der Waals surface area contributed by atoms with Crippen LogP contribution in [-0.2, 0) is 11.2 Å². The minimum atomic E-state index is 0.588. The van der Waals surface area contributed by atoms with Crippen LogP contribution in [0.15, 0.2) is 78.1 Å². The quantitative estimate of drug-likeness (QED) is 0.322. The zero-order chi connectivity index (χ0) is 18.9. The largest absolute Gasteiger partial charge is 0.354 e. The highest BCUT2D eigenvalue weighted by Gasteiger charge is 2.04. The van der Waals surface area contributed by atoms with Gasteiger partial charge in [0.15, 0.2) is 0 Å². The molecule has 0 aliphatic rings. The van der Waals surface area contributed by atoms with Crippen LogP contribution in [0, 0.1) is 0 Å². The molecule has 2 aromatic carbocycles. The van der Waals surface area contributed by atoms with Crippen LogP contribution in [0.4, 0.5) is 5.69 Å². The Kier molecular flexibility index (Phi) is 7.18. The number of nitrogens with zero attached hydrogens (tertiary/aromatic N) is 2. The van der Waals surface area contributed by atoms with Crippen molar-refractivity contribution in [1.82, 2.24) is 5.01 Å². The monoisotopic (exact) mass is 367 g/mol. The topological polar surface area (TPSA) is 44.7 Å². The van der Waals surface area contributed by atoms with E-state index in [0.717, 1.165) is 17.1 Å². The van der Waals surface area contributed by atoms with Crippen LogP contribution in [0.1, 0.15) is 11.1 Å². The smallest absolute Gasteiger partial charge is 0.142 e. The van der Waals surface area contributed by atoms with Gasteiger partial charge in [-0.15, -0.1) is 0 Å². The highest BCUT2D eigenvalue weighted by Crippen LogP contribution is 2.17. The molecule has 26 heavy (non-hydrogen) atoms. The van der Waals surface area contributed by atoms with Gasteiger partial charge in [0, 0.05) is 24.8 Å². The fraction of sp³-hybridized carbons (Fsp3) is 0.143. The maximum absolute atomic E-state index is 10.6. The first-order valence-corrected chi connectivity index (χ1v) is 8.53. The molecule has 0 amide bonds. The van der Waals surface area contributed by atoms with Crippen molar-refractivity contribution in [3.63, 3.8) is 0 Å². The van der Waals surface area contributed by atoms with Gasteiger partial charge in [-0.2, -0.15) is 5.10 Å². The Bertz CT molecular complexity index is 823. The fourth-order valence-electron chi connectivity index (χ4n) is 2.37. The minimum absolute atomic E-state index is 0.588. The number of aldehydes is 1. The average Bonchev–Trinajstić information content (AvgIpc) is 2.60. The van der Waals surface area contributed by atoms with E-state index in [4.69, 9.17) is 11.6 Å². The molecule has 1 N–H and O–H groups in total. The molecule has 0 unspecified atom stereocenters. The second-order valence-electron chi connectivity index (χ2n) is 5.93. The molecule has 0 aliphatic carbocycles. The molecule has 0 spiro atoms. The Morgan fingerprint density at radius 3 is 2.54 bits per heavy atom. The van der Waals surface area contributed by atoms with Gasteiger partial charge < -0.3 is 10.3 Å². The van der Waals surface area contributed by atoms with E-state index in [1.165, 1.54) is 17.2 Å². The molecule has 5 heteroatoms. The van der Waals surface area contributed by atoms with Crippen molar-refractivity contribution in [2.75, 3.05) is 19.4 Å². The minimum Gasteiger partial charge on any atom is -0.354 e. The Hall–Kier alpha value is -2.85. The Balaban J connectivity index is 2.06. The predicted octanol–water partition coefficient (Wildman–Crippen LogP) is 4.53. The lowest BCUT2D eigenvalue weighted by Crippen LogP contribution is -2.13. The van der Waals surface area contributed by atoms with Crippen LogP contribution < -0.4 is 5.32 Å². The summed E-state index contributed by atoms with van der Waals surface area (Å²) < 4.78 is 0. The van der Waals surface area contributed by atoms with Crippen molar-refractivity contribution in [3.8, 4) is 0 Å². The molecule has 0 aromatic heterocycles. The highest BCUT2D eigenvalue weighted by atomic mass is 35.5. The molecule has 0 aliphatic heterocycles. The second kappa shape index (κ2) is 9.59. The Labute approximate surface area is 159 Å². The molecule has 0 atom stereocenters. The van der Waals surface area contributed by atoms with Crippen LogP contribution in [-0.4, -0.2) is 31.1 Å². The molecule has 2 rings (SSSR count). The van der Waals surface area contributed by atoms with Gasteiger partial charge in [0.05, 0.1) is 5.70 Å². The van der Waals surface area contributed by atoms with Crippen molar-refractivity contribution in [2.45, 2.75) is 6.42 Å². The molecule has 0 fully saturated rings. The van der Waals surface area contributed by atoms with Gasteiger partial charge in [0.25, 0.3) is 0 Å². The maximum Gasteiger partial charge on any atom is 0.142 e. The van der Waals surface area contributed by atoms with Crippen LogP contribution in [0.5, 0.6) is 0 Å². The number of rotatable bonds is 8. The van der Waals surface area contributed by atoms with E-state index in [1.54, 1.807) is 11.1 Å². The number of nitrogens with one attached hydrogen (secondary N) is 1. The Morgan fingerprint density at radius 1 is 1.19 bits per heavy atom. The van der Waals surface area contributed by atoms with Crippen LogP contribution in [0.2, 0.25) is 5.02 Å². The fourth-order valence-corrected chi connectivity index (χ4v) is 2.58. The molecule has 0 saturated carbocycles. The number of hydrazone groups is 1. The summed E-state index contributed by atoms with van der Waals surface area (Å²) in [6.45, 7) is 4.01. The molecule has 0 heterocycles. The van der Waals surface area contributed by atoms with Crippen molar-refractivity contribution in [3.05, 3.63) is 89.1 Å². The summed E-state index contributed by atoms with van der Waals surface area (Å²) in [7, 11) is 3.62. The van der Waals surface area contributed by atoms with Gasteiger partial charge in [0.1, 0.15) is 12.0 Å². The first-order chi connectivity index (χ1) is 12.5. The van der Waals surface area contributed by atoms with E-state index in [9.17, 15) is 4.79 Å². The molecule has 0 saturated heterocycles. The van der Waals surface area contributed by atoms with E-state index in [1.807, 2.05) is 44.4 Å². The van der Waals surface area contributed by atoms with E-state index in [2.05, 4.69) is 35.2 Å². The SMILES string of the molecule is C=C(Nc1ccc(Cc2cccc(Cl)c2)cc1)C(/C=C\C=O)=N/N(C)C. The van der Waals surface area contributed by atoms with E-state index >= 15 is 0 Å². The van der Waals surface area contributed by atoms with Gasteiger partial charge in [-0.25, -0.2) is 0 Å². The number of anilines is 1. The number of halogens is 1. The first kappa shape index (κ1) is 19.5. The van der Waals surface area contributed by atoms with Gasteiger partial charge in [0.2, 0.25) is 0 Å². The summed E-state index contributed by atoms with van der Waals surface area (Å²) in [5.74, 6) is 0. The van der Waals surface area contributed by atoms with Crippen LogP contribution >= 0.6 is 11.6 Å². The van der Waals surface area contributed by atoms with E-state index in [0.29, 0.717) is 17.7 Å². The van der Waals surface area contributed by atoms with E-state index in [-0.39, 0.29) is 0 Å². The molecule has 134 valence electrons. The van der Waals surface area contributed by atoms with E-state index < -0.39 is 0 Å². The standard InChI is InChI=1S/C21H22ClN3O/c1-16(21(8-5-13-26)24-25(2)3)23-20-11-9-17(10-12-20)14-18-6-4-7-19(22)15-18/h4-13,15,23H,1,14H2,2-3H3/b8-5-,24-21+. The number of hydrogen-bond acceptors (Lipinski definition) is 4. The molecule has 0 bridgehead atoms. The third-order valence-electron chi connectivity index (χ3n) is 3.50. The number of hydrogen-bond donors (Lipinski definition) is 1. The molecule has 2 aromatic rings. The van der Waals surface area contributed by atoms with Crippen molar-refractivity contribution >= 4 is 29.3 Å². The Morgan fingerprint density at radius 2 is 1.92 bits per heavy atom. The third-order valence-corrected chi connectivity index (χ3v) is 3.73. The van der Waals surface area contributed by atoms with Crippen molar-refractivity contribution in [2.24, 2.45) is 5.10 Å². The van der Waals surface area contributed by atoms with Crippen LogP contribution in [0.3, 0.4) is 0 Å². The summed E-state index contributed by atoms with van der Waals surface area (Å²) in [6, 6.07) is 15.9. The summed E-state index contributed by atoms with van der Waals surface area (Å²) in [5.41, 5.74) is 4.45. The molecular weight excluding hydrogens is 346 g/mol. The van der Waals surface area contributed by atoms with Gasteiger partial charge in [-0.3, -0.25) is 4.79 Å². The maximum atomic E-state index is 10.6. The lowest BCUT2D eigenvalue weighted by Gasteiger charge is -2.13. The predicted molar refractivity (Wildman–Crippen MR) is 110 cm³/mol. The van der Waals surface area contributed by atoms with Crippen molar-refractivity contribution in [1.29, 1.82) is 0 Å². The summed E-state index contributed by atoms with van der Waals surface area (Å²) in [5, 5.41) is 9.94. The normalized spacial score (nSPS) is 11.4. The summed E-state index contributed by atoms with van der Waals surface area (Å²) in [6.07, 6.45) is 4.54. The summed E-state index contributed by atoms with van der Waals surface area (Å²) in [4.78, 5) is 10.6. The third kappa shape index (κ3) is 6.22. The van der Waals surface area contributed by atoms with Gasteiger partial charge in [-0.1, -0.05) is 42.4 Å². The summed E-state index contributed by atoms with van der Waals surface area (Å²) >= 11 is 6.03. The van der Waals surface area contributed by atoms with Crippen molar-refractivity contribution < 1.29 is 4.79 Å². The number of carbonyl (C=O) groups is 1. The average molecular weight is 368 g/mol. The zero-order valence-electron chi connectivity index (χ0n) is 14.9. The number of allylic oxidation sites excluding steroid dienone is 2. The zero-order valence-corrected chi connectivity index (χ0v) is 15.7. The lowest BCUT2D eigenvalue weighted by molar-refractivity contribution is -0.104. The highest BCUT2D eigenvalue weighted by molar-refractivity contribution is 6.30. The molecular formula is C21H22ClN3O. The van der Waals surface area contributed by atoms with Gasteiger partial charge >= 0.3 is 0 Å². The number of benzene rings is 2. The first-order valence-electron chi connectivity index (χ1n) is 8.15. The number of carbonyl (C=O) groups excluding carboxylic acids is 1. The second-order valence-corrected chi connectivity index (χ2v) is 6.37. The van der Waals surface area contributed by atoms with Crippen LogP contribution in [0.25, 0.3) is 0 Å². The molecule has 4 nitrogen and oxygen atoms in total. The van der Waals surface area contributed by atoms with Gasteiger partial charge in [-0.05, 0) is 54.0 Å². The lowest BCUT2D eigenvalue weighted by atomic mass is 10.0. The molecule has 0 radical (unpaired) electrons.